The van der Waals surface area contributed by atoms with Crippen LogP contribution in [0.4, 0.5) is 0 Å². The van der Waals surface area contributed by atoms with E-state index >= 15 is 0 Å². The molecular weight excluding hydrogens is 366 g/mol. The fourth-order valence-corrected chi connectivity index (χ4v) is 4.31. The second-order valence-electron chi connectivity index (χ2n) is 7.79. The number of nitriles is 1. The third-order valence-electron chi connectivity index (χ3n) is 4.40. The van der Waals surface area contributed by atoms with E-state index in [1.54, 1.807) is 0 Å². The number of hydrogen-bond acceptors (Lipinski definition) is 7. The Bertz CT molecular complexity index is 792. The second-order valence-corrected chi connectivity index (χ2v) is 9.85. The van der Waals surface area contributed by atoms with Gasteiger partial charge in [0.25, 0.3) is 0 Å². The minimum atomic E-state index is -3.54. The predicted octanol–water partition coefficient (Wildman–Crippen LogP) is 2.31. The van der Waals surface area contributed by atoms with E-state index in [4.69, 9.17) is 10.00 Å². The van der Waals surface area contributed by atoms with Crippen molar-refractivity contribution >= 4 is 15.8 Å². The van der Waals surface area contributed by atoms with E-state index in [9.17, 15) is 13.2 Å². The number of rotatable bonds is 6. The fourth-order valence-electron chi connectivity index (χ4n) is 3.13. The zero-order valence-corrected chi connectivity index (χ0v) is 17.0. The van der Waals surface area contributed by atoms with Crippen molar-refractivity contribution in [3.05, 3.63) is 23.9 Å². The van der Waals surface area contributed by atoms with E-state index in [1.165, 1.54) is 18.3 Å². The van der Waals surface area contributed by atoms with Gasteiger partial charge >= 0.3 is 5.97 Å². The van der Waals surface area contributed by atoms with Gasteiger partial charge in [0.05, 0.1) is 17.7 Å². The largest absolute Gasteiger partial charge is 0.460 e. The highest BCUT2D eigenvalue weighted by molar-refractivity contribution is 7.91. The molecule has 0 radical (unpaired) electrons. The molecule has 148 valence electrons. The molecule has 2 heterocycles. The molecule has 1 aliphatic rings. The Morgan fingerprint density at radius 3 is 2.70 bits per heavy atom. The van der Waals surface area contributed by atoms with Gasteiger partial charge in [0.15, 0.2) is 14.9 Å². The summed E-state index contributed by atoms with van der Waals surface area (Å²) in [6.45, 7) is 6.61. The number of likely N-dealkylation sites (tertiary alicyclic amines) is 1. The van der Waals surface area contributed by atoms with Crippen molar-refractivity contribution in [3.8, 4) is 6.07 Å². The molecule has 1 aliphatic heterocycles. The summed E-state index contributed by atoms with van der Waals surface area (Å²) in [6.07, 6.45) is 4.40. The molecule has 1 aromatic rings. The molecule has 8 heteroatoms. The molecule has 0 spiro atoms. The van der Waals surface area contributed by atoms with Crippen molar-refractivity contribution in [3.63, 3.8) is 0 Å². The molecular formula is C19H27N3O4S. The lowest BCUT2D eigenvalue weighted by Crippen LogP contribution is -2.44. The Morgan fingerprint density at radius 2 is 2.11 bits per heavy atom. The fraction of sp³-hybridized carbons (Fsp3) is 0.632. The van der Waals surface area contributed by atoms with Crippen molar-refractivity contribution < 1.29 is 17.9 Å². The lowest BCUT2D eigenvalue weighted by Gasteiger charge is -2.35. The molecule has 27 heavy (non-hydrogen) atoms. The number of hydrogen-bond donors (Lipinski definition) is 0. The van der Waals surface area contributed by atoms with Crippen molar-refractivity contribution in [2.45, 2.75) is 63.1 Å². The molecule has 1 atom stereocenters. The number of carbonyl (C=O) groups excluding carboxylic acids is 1. The lowest BCUT2D eigenvalue weighted by atomic mass is 9.99. The zero-order chi connectivity index (χ0) is 20.1. The summed E-state index contributed by atoms with van der Waals surface area (Å²) in [5.74, 6) is -0.326. The number of ether oxygens (including phenoxy) is 1. The van der Waals surface area contributed by atoms with Gasteiger partial charge in [-0.3, -0.25) is 9.69 Å². The number of esters is 1. The van der Waals surface area contributed by atoms with E-state index in [-0.39, 0.29) is 29.2 Å². The summed E-state index contributed by atoms with van der Waals surface area (Å²) < 4.78 is 30.5. The van der Waals surface area contributed by atoms with E-state index in [2.05, 4.69) is 9.88 Å². The Balaban J connectivity index is 1.98. The van der Waals surface area contributed by atoms with Crippen LogP contribution in [0.2, 0.25) is 0 Å². The third kappa shape index (κ3) is 6.60. The standard InChI is InChI=1S/C19H27N3O4S/c1-19(2,3)26-18(23)12-16-6-4-5-9-22(16)10-11-27(24,25)17-8-7-15(13-20)14-21-17/h7-8,14,16H,4-6,9-12H2,1-3H3. The summed E-state index contributed by atoms with van der Waals surface area (Å²) >= 11 is 0. The van der Waals surface area contributed by atoms with Gasteiger partial charge in [-0.15, -0.1) is 0 Å². The number of sulfone groups is 1. The van der Waals surface area contributed by atoms with Crippen LogP contribution in [0.5, 0.6) is 0 Å². The Kier molecular flexibility index (Phi) is 6.95. The first-order valence-corrected chi connectivity index (χ1v) is 10.8. The summed E-state index contributed by atoms with van der Waals surface area (Å²) in [5, 5.41) is 8.77. The summed E-state index contributed by atoms with van der Waals surface area (Å²) in [4.78, 5) is 18.1. The number of piperidine rings is 1. The molecule has 0 aliphatic carbocycles. The van der Waals surface area contributed by atoms with Gasteiger partial charge in [-0.2, -0.15) is 5.26 Å². The minimum absolute atomic E-state index is 0.00211. The first-order valence-electron chi connectivity index (χ1n) is 9.15. The van der Waals surface area contributed by atoms with Gasteiger partial charge in [0, 0.05) is 18.8 Å². The van der Waals surface area contributed by atoms with Crippen LogP contribution in [0.1, 0.15) is 52.0 Å². The highest BCUT2D eigenvalue weighted by Crippen LogP contribution is 2.22. The maximum absolute atomic E-state index is 12.5. The Labute approximate surface area is 161 Å². The van der Waals surface area contributed by atoms with Crippen molar-refractivity contribution in [2.24, 2.45) is 0 Å². The lowest BCUT2D eigenvalue weighted by molar-refractivity contribution is -0.156. The number of pyridine rings is 1. The van der Waals surface area contributed by atoms with Crippen LogP contribution in [0, 0.1) is 11.3 Å². The Hall–Kier alpha value is -1.98. The topological polar surface area (TPSA) is 100 Å². The maximum atomic E-state index is 12.5. The van der Waals surface area contributed by atoms with Crippen LogP contribution in [0.15, 0.2) is 23.4 Å². The summed E-state index contributed by atoms with van der Waals surface area (Å²) in [6, 6.07) is 4.73. The average molecular weight is 394 g/mol. The van der Waals surface area contributed by atoms with Gasteiger partial charge in [0.1, 0.15) is 11.7 Å². The highest BCUT2D eigenvalue weighted by Gasteiger charge is 2.28. The monoisotopic (exact) mass is 393 g/mol. The van der Waals surface area contributed by atoms with E-state index < -0.39 is 15.4 Å². The van der Waals surface area contributed by atoms with Gasteiger partial charge in [-0.1, -0.05) is 6.42 Å². The number of aromatic nitrogens is 1. The molecule has 1 saturated heterocycles. The summed E-state index contributed by atoms with van der Waals surface area (Å²) in [5.41, 5.74) is -0.205. The van der Waals surface area contributed by atoms with E-state index in [0.717, 1.165) is 25.8 Å². The first-order chi connectivity index (χ1) is 12.6. The Morgan fingerprint density at radius 1 is 1.37 bits per heavy atom. The molecule has 0 aromatic carbocycles. The van der Waals surface area contributed by atoms with Gasteiger partial charge in [0.2, 0.25) is 0 Å². The smallest absolute Gasteiger partial charge is 0.307 e. The molecule has 0 amide bonds. The van der Waals surface area contributed by atoms with Crippen LogP contribution in [-0.2, 0) is 19.4 Å². The van der Waals surface area contributed by atoms with Gasteiger partial charge in [-0.25, -0.2) is 13.4 Å². The normalized spacial score (nSPS) is 18.7. The first kappa shape index (κ1) is 21.3. The van der Waals surface area contributed by atoms with E-state index in [0.29, 0.717) is 12.1 Å². The quantitative estimate of drug-likeness (QED) is 0.684. The maximum Gasteiger partial charge on any atom is 0.307 e. The SMILES string of the molecule is CC(C)(C)OC(=O)CC1CCCCN1CCS(=O)(=O)c1ccc(C#N)cn1. The van der Waals surface area contributed by atoms with Crippen LogP contribution in [0.3, 0.4) is 0 Å². The van der Waals surface area contributed by atoms with E-state index in [1.807, 2.05) is 26.8 Å². The molecule has 1 unspecified atom stereocenters. The van der Waals surface area contributed by atoms with Gasteiger partial charge in [-0.05, 0) is 52.3 Å². The molecule has 2 rings (SSSR count). The molecule has 1 fully saturated rings. The molecule has 0 bridgehead atoms. The van der Waals surface area contributed by atoms with Crippen LogP contribution in [-0.4, -0.2) is 54.8 Å². The second kappa shape index (κ2) is 8.81. The third-order valence-corrected chi connectivity index (χ3v) is 6.00. The van der Waals surface area contributed by atoms with Crippen molar-refractivity contribution in [1.29, 1.82) is 5.26 Å². The summed E-state index contributed by atoms with van der Waals surface area (Å²) in [7, 11) is -3.54. The predicted molar refractivity (Wildman–Crippen MR) is 101 cm³/mol. The molecule has 1 aromatic heterocycles. The minimum Gasteiger partial charge on any atom is -0.460 e. The van der Waals surface area contributed by atoms with Crippen molar-refractivity contribution in [1.82, 2.24) is 9.88 Å². The zero-order valence-electron chi connectivity index (χ0n) is 16.1. The van der Waals surface area contributed by atoms with Crippen molar-refractivity contribution in [2.75, 3.05) is 18.8 Å². The molecule has 0 N–H and O–H groups in total. The highest BCUT2D eigenvalue weighted by atomic mass is 32.2. The van der Waals surface area contributed by atoms with Gasteiger partial charge < -0.3 is 4.74 Å². The number of carbonyl (C=O) groups is 1. The number of nitrogens with zero attached hydrogens (tertiary/aromatic N) is 3. The van der Waals surface area contributed by atoms with Crippen LogP contribution < -0.4 is 0 Å². The molecule has 0 saturated carbocycles. The van der Waals surface area contributed by atoms with Crippen LogP contribution >= 0.6 is 0 Å². The average Bonchev–Trinajstić information content (AvgIpc) is 2.59. The van der Waals surface area contributed by atoms with Crippen LogP contribution in [0.25, 0.3) is 0 Å². The molecule has 7 nitrogen and oxygen atoms in total.